The van der Waals surface area contributed by atoms with Crippen LogP contribution in [0.3, 0.4) is 0 Å². The molecule has 1 aromatic carbocycles. The number of likely N-dealkylation sites (tertiary alicyclic amines) is 1. The largest absolute Gasteiger partial charge is 0.352 e. The Morgan fingerprint density at radius 1 is 1.22 bits per heavy atom. The smallest absolute Gasteiger partial charge is 0.223 e. The summed E-state index contributed by atoms with van der Waals surface area (Å²) in [5.41, 5.74) is 2.70. The Morgan fingerprint density at radius 3 is 2.67 bits per heavy atom. The average Bonchev–Trinajstić information content (AvgIpc) is 3.43. The van der Waals surface area contributed by atoms with Crippen molar-refractivity contribution in [3.8, 4) is 0 Å². The third kappa shape index (κ3) is 4.36. The lowest BCUT2D eigenvalue weighted by molar-refractivity contribution is -0.123. The number of nitrogens with zero attached hydrogens (tertiary/aromatic N) is 2. The average molecular weight is 382 g/mol. The molecule has 1 unspecified atom stereocenters. The molecule has 142 valence electrons. The molecule has 2 fully saturated rings. The number of benzene rings is 1. The molecule has 0 radical (unpaired) electrons. The van der Waals surface area contributed by atoms with Crippen LogP contribution in [-0.4, -0.2) is 35.1 Å². The van der Waals surface area contributed by atoms with Crippen molar-refractivity contribution in [3.63, 3.8) is 0 Å². The monoisotopic (exact) mass is 381 g/mol. The Labute approximate surface area is 165 Å². The maximum atomic E-state index is 12.5. The number of carbonyl (C=O) groups excluding carboxylic acids is 1. The maximum Gasteiger partial charge on any atom is 0.223 e. The zero-order valence-electron chi connectivity index (χ0n) is 15.9. The molecule has 4 nitrogen and oxygen atoms in total. The molecule has 1 spiro atoms. The molecule has 0 bridgehead atoms. The molecule has 27 heavy (non-hydrogen) atoms. The third-order valence-electron chi connectivity index (χ3n) is 6.11. The summed E-state index contributed by atoms with van der Waals surface area (Å²) in [5.74, 6) is 0.428. The van der Waals surface area contributed by atoms with Crippen LogP contribution in [0.15, 0.2) is 53.7 Å². The fraction of sp³-hybridized carbons (Fsp3) is 0.455. The van der Waals surface area contributed by atoms with Gasteiger partial charge in [0, 0.05) is 36.3 Å². The summed E-state index contributed by atoms with van der Waals surface area (Å²) in [6, 6.07) is 12.8. The predicted molar refractivity (Wildman–Crippen MR) is 109 cm³/mol. The van der Waals surface area contributed by atoms with Crippen molar-refractivity contribution < 1.29 is 4.79 Å². The van der Waals surface area contributed by atoms with Crippen molar-refractivity contribution in [3.05, 3.63) is 59.9 Å². The van der Waals surface area contributed by atoms with Gasteiger partial charge in [-0.1, -0.05) is 18.2 Å². The van der Waals surface area contributed by atoms with Crippen LogP contribution in [0.5, 0.6) is 0 Å². The minimum Gasteiger partial charge on any atom is -0.352 e. The van der Waals surface area contributed by atoms with Crippen molar-refractivity contribution in [1.82, 2.24) is 15.2 Å². The van der Waals surface area contributed by atoms with Crippen molar-refractivity contribution in [1.29, 1.82) is 0 Å². The molecule has 1 atom stereocenters. The van der Waals surface area contributed by atoms with Gasteiger partial charge in [0.05, 0.1) is 0 Å². The highest BCUT2D eigenvalue weighted by molar-refractivity contribution is 7.98. The number of rotatable bonds is 6. The minimum atomic E-state index is 0.206. The Bertz CT molecular complexity index is 770. The Balaban J connectivity index is 1.23. The quantitative estimate of drug-likeness (QED) is 0.775. The topological polar surface area (TPSA) is 45.2 Å². The fourth-order valence-electron chi connectivity index (χ4n) is 4.23. The normalized spacial score (nSPS) is 21.1. The SMILES string of the molecule is CSc1ccc(CN2CCC3(CC2)CC3C(=O)NCc2cccnc2)cc1. The molecule has 1 aliphatic carbocycles. The molecule has 1 saturated carbocycles. The molecular formula is C22H27N3OS. The van der Waals surface area contributed by atoms with Crippen LogP contribution >= 0.6 is 11.8 Å². The van der Waals surface area contributed by atoms with Gasteiger partial charge in [-0.25, -0.2) is 0 Å². The van der Waals surface area contributed by atoms with Crippen molar-refractivity contribution in [2.45, 2.75) is 37.2 Å². The van der Waals surface area contributed by atoms with E-state index in [4.69, 9.17) is 0 Å². The molecule has 2 aromatic rings. The molecule has 1 saturated heterocycles. The summed E-state index contributed by atoms with van der Waals surface area (Å²) in [5, 5.41) is 3.10. The van der Waals surface area contributed by atoms with Gasteiger partial charge in [-0.3, -0.25) is 14.7 Å². The molecule has 1 N–H and O–H groups in total. The maximum absolute atomic E-state index is 12.5. The van der Waals surface area contributed by atoms with Crippen LogP contribution in [0.1, 0.15) is 30.4 Å². The summed E-state index contributed by atoms with van der Waals surface area (Å²) in [6.07, 6.45) is 9.02. The number of thioether (sulfide) groups is 1. The number of carbonyl (C=O) groups is 1. The van der Waals surface area contributed by atoms with E-state index in [-0.39, 0.29) is 17.2 Å². The summed E-state index contributed by atoms with van der Waals surface area (Å²) >= 11 is 1.78. The number of hydrogen-bond donors (Lipinski definition) is 1. The van der Waals surface area contributed by atoms with Crippen LogP contribution < -0.4 is 5.32 Å². The van der Waals surface area contributed by atoms with E-state index in [2.05, 4.69) is 45.7 Å². The van der Waals surface area contributed by atoms with Crippen LogP contribution in [0.2, 0.25) is 0 Å². The van der Waals surface area contributed by atoms with E-state index in [1.54, 1.807) is 18.0 Å². The second-order valence-corrected chi connectivity index (χ2v) is 8.70. The van der Waals surface area contributed by atoms with Gasteiger partial charge in [-0.15, -0.1) is 11.8 Å². The Morgan fingerprint density at radius 2 is 2.00 bits per heavy atom. The molecular weight excluding hydrogens is 354 g/mol. The summed E-state index contributed by atoms with van der Waals surface area (Å²) in [7, 11) is 0. The lowest BCUT2D eigenvalue weighted by Gasteiger charge is -2.32. The lowest BCUT2D eigenvalue weighted by atomic mass is 9.90. The van der Waals surface area contributed by atoms with E-state index < -0.39 is 0 Å². The highest BCUT2D eigenvalue weighted by atomic mass is 32.2. The molecule has 2 aliphatic rings. The highest BCUT2D eigenvalue weighted by Crippen LogP contribution is 2.59. The molecule has 1 aliphatic heterocycles. The van der Waals surface area contributed by atoms with Crippen molar-refractivity contribution >= 4 is 17.7 Å². The number of pyridine rings is 1. The van der Waals surface area contributed by atoms with Gasteiger partial charge in [0.2, 0.25) is 5.91 Å². The van der Waals surface area contributed by atoms with Gasteiger partial charge < -0.3 is 5.32 Å². The molecule has 5 heteroatoms. The second kappa shape index (κ2) is 8.03. The predicted octanol–water partition coefficient (Wildman–Crippen LogP) is 3.72. The fourth-order valence-corrected chi connectivity index (χ4v) is 4.64. The number of nitrogens with one attached hydrogen (secondary N) is 1. The van der Waals surface area contributed by atoms with Gasteiger partial charge in [-0.05, 0) is 73.3 Å². The number of hydrogen-bond acceptors (Lipinski definition) is 4. The van der Waals surface area contributed by atoms with Crippen molar-refractivity contribution in [2.24, 2.45) is 11.3 Å². The first-order valence-electron chi connectivity index (χ1n) is 9.70. The molecule has 1 aromatic heterocycles. The lowest BCUT2D eigenvalue weighted by Crippen LogP contribution is -2.36. The van der Waals surface area contributed by atoms with Gasteiger partial charge in [0.25, 0.3) is 0 Å². The number of piperidine rings is 1. The summed E-state index contributed by atoms with van der Waals surface area (Å²) in [6.45, 7) is 3.79. The highest BCUT2D eigenvalue weighted by Gasteiger charge is 2.58. The first kappa shape index (κ1) is 18.5. The van der Waals surface area contributed by atoms with E-state index in [9.17, 15) is 4.79 Å². The van der Waals surface area contributed by atoms with Crippen LogP contribution in [0, 0.1) is 11.3 Å². The summed E-state index contributed by atoms with van der Waals surface area (Å²) < 4.78 is 0. The van der Waals surface area contributed by atoms with Gasteiger partial charge in [-0.2, -0.15) is 0 Å². The Kier molecular flexibility index (Phi) is 5.50. The minimum absolute atomic E-state index is 0.206. The van der Waals surface area contributed by atoms with E-state index in [1.807, 2.05) is 18.3 Å². The summed E-state index contributed by atoms with van der Waals surface area (Å²) in [4.78, 5) is 20.5. The van der Waals surface area contributed by atoms with E-state index in [1.165, 1.54) is 10.5 Å². The third-order valence-corrected chi connectivity index (χ3v) is 6.86. The Hall–Kier alpha value is -1.85. The van der Waals surface area contributed by atoms with Crippen LogP contribution in [0.4, 0.5) is 0 Å². The number of amides is 1. The standard InChI is InChI=1S/C22H27N3OS/c1-27-19-6-4-17(5-7-19)16-25-11-8-22(9-12-25)13-20(22)21(26)24-15-18-3-2-10-23-14-18/h2-7,10,14,20H,8-9,11-13,15-16H2,1H3,(H,24,26). The van der Waals surface area contributed by atoms with Crippen molar-refractivity contribution in [2.75, 3.05) is 19.3 Å². The first-order valence-corrected chi connectivity index (χ1v) is 10.9. The van der Waals surface area contributed by atoms with Crippen LogP contribution in [0.25, 0.3) is 0 Å². The number of aromatic nitrogens is 1. The van der Waals surface area contributed by atoms with E-state index in [0.29, 0.717) is 6.54 Å². The van der Waals surface area contributed by atoms with E-state index in [0.717, 1.165) is 44.5 Å². The second-order valence-electron chi connectivity index (χ2n) is 7.82. The van der Waals surface area contributed by atoms with E-state index >= 15 is 0 Å². The molecule has 1 amide bonds. The molecule has 2 heterocycles. The van der Waals surface area contributed by atoms with Gasteiger partial charge >= 0.3 is 0 Å². The molecule has 4 rings (SSSR count). The van der Waals surface area contributed by atoms with Crippen LogP contribution in [-0.2, 0) is 17.9 Å². The first-order chi connectivity index (χ1) is 13.2. The van der Waals surface area contributed by atoms with Gasteiger partial charge in [0.1, 0.15) is 0 Å². The van der Waals surface area contributed by atoms with Gasteiger partial charge in [0.15, 0.2) is 0 Å². The zero-order valence-corrected chi connectivity index (χ0v) is 16.7. The zero-order chi connectivity index (χ0) is 18.7.